The molecule has 2 aromatic rings. The van der Waals surface area contributed by atoms with E-state index in [1.165, 1.54) is 0 Å². The normalized spacial score (nSPS) is 15.2. The zero-order valence-corrected chi connectivity index (χ0v) is 15.0. The van der Waals surface area contributed by atoms with Gasteiger partial charge in [-0.1, -0.05) is 18.2 Å². The number of alkyl halides is 3. The maximum atomic E-state index is 12.6. The number of carbonyl (C=O) groups excluding carboxylic acids is 1. The van der Waals surface area contributed by atoms with Crippen molar-refractivity contribution in [2.75, 3.05) is 16.2 Å². The lowest BCUT2D eigenvalue weighted by molar-refractivity contribution is -0.137. The number of nitrogens with one attached hydrogen (secondary N) is 1. The highest BCUT2D eigenvalue weighted by Crippen LogP contribution is 2.29. The molecule has 0 spiro atoms. The Balaban J connectivity index is 1.72. The van der Waals surface area contributed by atoms with Crippen molar-refractivity contribution in [1.29, 1.82) is 0 Å². The number of rotatable bonds is 5. The van der Waals surface area contributed by atoms with Crippen LogP contribution in [0.4, 0.5) is 24.5 Å². The summed E-state index contributed by atoms with van der Waals surface area (Å²) in [6.07, 6.45) is -3.25. The fraction of sp³-hybridized carbons (Fsp3) is 0.278. The van der Waals surface area contributed by atoms with E-state index < -0.39 is 27.5 Å². The van der Waals surface area contributed by atoms with Crippen molar-refractivity contribution in [3.63, 3.8) is 0 Å². The monoisotopic (exact) mass is 398 g/mol. The fourth-order valence-corrected chi connectivity index (χ4v) is 4.07. The number of amides is 1. The molecule has 3 rings (SSSR count). The molecular formula is C18H17F3N2O3S. The minimum Gasteiger partial charge on any atom is -0.312 e. The van der Waals surface area contributed by atoms with Crippen molar-refractivity contribution in [1.82, 2.24) is 0 Å². The molecule has 0 radical (unpaired) electrons. The third-order valence-electron chi connectivity index (χ3n) is 4.14. The van der Waals surface area contributed by atoms with Crippen LogP contribution in [0, 0.1) is 0 Å². The molecule has 2 aromatic carbocycles. The van der Waals surface area contributed by atoms with Gasteiger partial charge in [0.25, 0.3) is 0 Å². The van der Waals surface area contributed by atoms with Gasteiger partial charge in [-0.25, -0.2) is 8.42 Å². The number of nitrogens with zero attached hydrogens (tertiary/aromatic N) is 1. The molecule has 0 bridgehead atoms. The highest BCUT2D eigenvalue weighted by Gasteiger charge is 2.30. The number of hydrogen-bond acceptors (Lipinski definition) is 3. The van der Waals surface area contributed by atoms with Gasteiger partial charge in [-0.05, 0) is 42.3 Å². The lowest BCUT2D eigenvalue weighted by Gasteiger charge is -2.17. The van der Waals surface area contributed by atoms with Gasteiger partial charge in [0.1, 0.15) is 0 Å². The summed E-state index contributed by atoms with van der Waals surface area (Å²) in [5.74, 6) is -0.474. The molecule has 1 aliphatic rings. The lowest BCUT2D eigenvalue weighted by Crippen LogP contribution is -2.23. The van der Waals surface area contributed by atoms with Crippen molar-refractivity contribution in [2.24, 2.45) is 0 Å². The maximum Gasteiger partial charge on any atom is 0.416 e. The van der Waals surface area contributed by atoms with Crippen molar-refractivity contribution in [3.8, 4) is 0 Å². The highest BCUT2D eigenvalue weighted by atomic mass is 32.2. The second-order valence-electron chi connectivity index (χ2n) is 6.26. The van der Waals surface area contributed by atoms with Gasteiger partial charge in [-0.2, -0.15) is 13.2 Å². The smallest absolute Gasteiger partial charge is 0.312 e. The minimum absolute atomic E-state index is 0.0141. The molecule has 0 aliphatic carbocycles. The maximum absolute atomic E-state index is 12.6. The van der Waals surface area contributed by atoms with E-state index in [0.29, 0.717) is 24.3 Å². The van der Waals surface area contributed by atoms with Crippen LogP contribution in [0.3, 0.4) is 0 Å². The second kappa shape index (κ2) is 7.22. The van der Waals surface area contributed by atoms with Crippen LogP contribution in [0.15, 0.2) is 48.5 Å². The Hall–Kier alpha value is -2.55. The molecule has 1 saturated heterocycles. The van der Waals surface area contributed by atoms with Gasteiger partial charge in [-0.3, -0.25) is 9.52 Å². The number of carbonyl (C=O) groups is 1. The predicted octanol–water partition coefficient (Wildman–Crippen LogP) is 3.77. The largest absolute Gasteiger partial charge is 0.416 e. The number of halogens is 3. The van der Waals surface area contributed by atoms with E-state index in [-0.39, 0.29) is 11.5 Å². The van der Waals surface area contributed by atoms with E-state index in [2.05, 4.69) is 4.72 Å². The van der Waals surface area contributed by atoms with E-state index in [1.807, 2.05) is 0 Å². The first-order valence-corrected chi connectivity index (χ1v) is 9.86. The second-order valence-corrected chi connectivity index (χ2v) is 7.98. The molecule has 0 unspecified atom stereocenters. The standard InChI is InChI=1S/C18H17F3N2O3S/c19-18(20,21)14-8-6-13(7-9-14)12-27(25,26)22-15-3-1-4-16(11-15)23-10-2-5-17(23)24/h1,3-4,6-9,11,22H,2,5,10,12H2. The Bertz CT molecular complexity index is 941. The van der Waals surface area contributed by atoms with E-state index in [0.717, 1.165) is 30.7 Å². The summed E-state index contributed by atoms with van der Waals surface area (Å²) >= 11 is 0. The van der Waals surface area contributed by atoms with E-state index >= 15 is 0 Å². The van der Waals surface area contributed by atoms with Gasteiger partial charge in [-0.15, -0.1) is 0 Å². The third kappa shape index (κ3) is 4.79. The molecule has 1 heterocycles. The lowest BCUT2D eigenvalue weighted by atomic mass is 10.1. The first-order valence-electron chi connectivity index (χ1n) is 8.21. The molecule has 27 heavy (non-hydrogen) atoms. The summed E-state index contributed by atoms with van der Waals surface area (Å²) in [6.45, 7) is 0.584. The third-order valence-corrected chi connectivity index (χ3v) is 5.40. The van der Waals surface area contributed by atoms with Gasteiger partial charge in [0, 0.05) is 18.7 Å². The van der Waals surface area contributed by atoms with E-state index in [4.69, 9.17) is 0 Å². The van der Waals surface area contributed by atoms with Crippen LogP contribution in [0.5, 0.6) is 0 Å². The van der Waals surface area contributed by atoms with Crippen molar-refractivity contribution in [2.45, 2.75) is 24.8 Å². The minimum atomic E-state index is -4.47. The van der Waals surface area contributed by atoms with Gasteiger partial charge in [0.05, 0.1) is 17.0 Å². The van der Waals surface area contributed by atoms with Crippen LogP contribution < -0.4 is 9.62 Å². The SMILES string of the molecule is O=C1CCCN1c1cccc(NS(=O)(=O)Cc2ccc(C(F)(F)F)cc2)c1. The molecule has 1 aliphatic heterocycles. The average molecular weight is 398 g/mol. The molecule has 0 aromatic heterocycles. The van der Waals surface area contributed by atoms with Crippen LogP contribution in [-0.4, -0.2) is 20.9 Å². The molecule has 9 heteroatoms. The Kier molecular flexibility index (Phi) is 5.14. The number of hydrogen-bond donors (Lipinski definition) is 1. The fourth-order valence-electron chi connectivity index (χ4n) is 2.88. The Labute approximate surface area is 154 Å². The van der Waals surface area contributed by atoms with Crippen LogP contribution in [0.1, 0.15) is 24.0 Å². The number of benzene rings is 2. The van der Waals surface area contributed by atoms with Crippen LogP contribution in [-0.2, 0) is 26.7 Å². The first kappa shape index (κ1) is 19.2. The highest BCUT2D eigenvalue weighted by molar-refractivity contribution is 7.91. The van der Waals surface area contributed by atoms with Gasteiger partial charge >= 0.3 is 6.18 Å². The summed E-state index contributed by atoms with van der Waals surface area (Å²) in [5, 5.41) is 0. The quantitative estimate of drug-likeness (QED) is 0.834. The van der Waals surface area contributed by atoms with Crippen molar-refractivity contribution in [3.05, 3.63) is 59.7 Å². The number of sulfonamides is 1. The summed E-state index contributed by atoms with van der Waals surface area (Å²) in [4.78, 5) is 13.4. The molecule has 1 N–H and O–H groups in total. The molecule has 144 valence electrons. The summed E-state index contributed by atoms with van der Waals surface area (Å²) in [7, 11) is -3.82. The van der Waals surface area contributed by atoms with Crippen molar-refractivity contribution < 1.29 is 26.4 Å². The summed E-state index contributed by atoms with van der Waals surface area (Å²) in [5.41, 5.74) is 0.298. The summed E-state index contributed by atoms with van der Waals surface area (Å²) < 4.78 is 64.8. The van der Waals surface area contributed by atoms with Crippen LogP contribution in [0.25, 0.3) is 0 Å². The zero-order valence-electron chi connectivity index (χ0n) is 14.2. The molecular weight excluding hydrogens is 381 g/mol. The molecule has 0 saturated carbocycles. The van der Waals surface area contributed by atoms with Crippen LogP contribution in [0.2, 0.25) is 0 Å². The van der Waals surface area contributed by atoms with E-state index in [1.54, 1.807) is 29.2 Å². The van der Waals surface area contributed by atoms with Gasteiger partial charge in [0.15, 0.2) is 0 Å². The summed E-state index contributed by atoms with van der Waals surface area (Å²) in [6, 6.07) is 10.5. The number of anilines is 2. The first-order chi connectivity index (χ1) is 12.6. The van der Waals surface area contributed by atoms with Gasteiger partial charge < -0.3 is 4.90 Å². The predicted molar refractivity (Wildman–Crippen MR) is 95.7 cm³/mol. The average Bonchev–Trinajstić information content (AvgIpc) is 3.00. The Morgan fingerprint density at radius 2 is 1.78 bits per heavy atom. The van der Waals surface area contributed by atoms with Crippen LogP contribution >= 0.6 is 0 Å². The zero-order chi connectivity index (χ0) is 19.7. The van der Waals surface area contributed by atoms with Crippen molar-refractivity contribution >= 4 is 27.3 Å². The molecule has 1 fully saturated rings. The molecule has 0 atom stereocenters. The van der Waals surface area contributed by atoms with E-state index in [9.17, 15) is 26.4 Å². The van der Waals surface area contributed by atoms with Gasteiger partial charge in [0.2, 0.25) is 15.9 Å². The molecule has 5 nitrogen and oxygen atoms in total. The topological polar surface area (TPSA) is 66.5 Å². The molecule has 1 amide bonds. The Morgan fingerprint density at radius 1 is 1.07 bits per heavy atom. The Morgan fingerprint density at radius 3 is 2.37 bits per heavy atom.